The van der Waals surface area contributed by atoms with Crippen molar-refractivity contribution in [1.29, 1.82) is 0 Å². The second-order valence-electron chi connectivity index (χ2n) is 5.88. The molecule has 0 bridgehead atoms. The fourth-order valence-corrected chi connectivity index (χ4v) is 2.73. The molecule has 1 aliphatic carbocycles. The number of hydrogen-bond donors (Lipinski definition) is 1. The summed E-state index contributed by atoms with van der Waals surface area (Å²) in [6, 6.07) is 0.513. The molecule has 0 spiro atoms. The van der Waals surface area contributed by atoms with Crippen LogP contribution in [0.15, 0.2) is 0 Å². The number of aliphatic hydroxyl groups is 1. The van der Waals surface area contributed by atoms with Crippen LogP contribution in [0.5, 0.6) is 0 Å². The monoisotopic (exact) mass is 268 g/mol. The highest BCUT2D eigenvalue weighted by Crippen LogP contribution is 2.33. The molecule has 1 saturated heterocycles. The Balaban J connectivity index is 1.95. The maximum atomic E-state index is 12.5. The van der Waals surface area contributed by atoms with E-state index in [9.17, 15) is 9.59 Å². The smallest absolute Gasteiger partial charge is 0.228 e. The lowest BCUT2D eigenvalue weighted by Gasteiger charge is -2.29. The first-order valence-electron chi connectivity index (χ1n) is 7.25. The maximum absolute atomic E-state index is 12.5. The van der Waals surface area contributed by atoms with Crippen LogP contribution in [0.25, 0.3) is 0 Å². The van der Waals surface area contributed by atoms with Crippen LogP contribution in [0.2, 0.25) is 0 Å². The Labute approximate surface area is 114 Å². The number of carbonyl (C=O) groups excluding carboxylic acids is 2. The van der Waals surface area contributed by atoms with Crippen molar-refractivity contribution in [3.8, 4) is 0 Å². The molecule has 0 aromatic carbocycles. The first-order chi connectivity index (χ1) is 9.04. The van der Waals surface area contributed by atoms with Gasteiger partial charge in [0.25, 0.3) is 0 Å². The van der Waals surface area contributed by atoms with E-state index in [1.807, 2.05) is 18.7 Å². The lowest BCUT2D eigenvalue weighted by Crippen LogP contribution is -2.42. The van der Waals surface area contributed by atoms with E-state index in [-0.39, 0.29) is 30.4 Å². The lowest BCUT2D eigenvalue weighted by atomic mass is 10.1. The number of hydrogen-bond acceptors (Lipinski definition) is 3. The minimum Gasteiger partial charge on any atom is -0.396 e. The van der Waals surface area contributed by atoms with Gasteiger partial charge in [0.2, 0.25) is 11.8 Å². The fourth-order valence-electron chi connectivity index (χ4n) is 2.73. The Morgan fingerprint density at radius 2 is 2.16 bits per heavy atom. The van der Waals surface area contributed by atoms with Crippen molar-refractivity contribution in [3.05, 3.63) is 0 Å². The first kappa shape index (κ1) is 14.3. The van der Waals surface area contributed by atoms with Gasteiger partial charge in [-0.25, -0.2) is 0 Å². The molecule has 0 aromatic rings. The largest absolute Gasteiger partial charge is 0.396 e. The number of nitrogens with zero attached hydrogens (tertiary/aromatic N) is 2. The minimum absolute atomic E-state index is 0.0694. The van der Waals surface area contributed by atoms with Gasteiger partial charge < -0.3 is 14.9 Å². The summed E-state index contributed by atoms with van der Waals surface area (Å²) >= 11 is 0. The predicted molar refractivity (Wildman–Crippen MR) is 71.4 cm³/mol. The summed E-state index contributed by atoms with van der Waals surface area (Å²) in [5.41, 5.74) is 0. The summed E-state index contributed by atoms with van der Waals surface area (Å²) in [5, 5.41) is 8.91. The Bertz CT molecular complexity index is 353. The topological polar surface area (TPSA) is 60.9 Å². The van der Waals surface area contributed by atoms with Gasteiger partial charge in [0, 0.05) is 38.2 Å². The maximum Gasteiger partial charge on any atom is 0.228 e. The van der Waals surface area contributed by atoms with Gasteiger partial charge in [0.05, 0.1) is 5.92 Å². The van der Waals surface area contributed by atoms with E-state index < -0.39 is 0 Å². The molecule has 1 heterocycles. The van der Waals surface area contributed by atoms with Gasteiger partial charge in [0.15, 0.2) is 0 Å². The molecular formula is C14H24N2O3. The van der Waals surface area contributed by atoms with E-state index in [2.05, 4.69) is 0 Å². The second-order valence-corrected chi connectivity index (χ2v) is 5.88. The van der Waals surface area contributed by atoms with Gasteiger partial charge in [-0.15, -0.1) is 0 Å². The molecule has 1 saturated carbocycles. The highest BCUT2D eigenvalue weighted by Gasteiger charge is 2.42. The van der Waals surface area contributed by atoms with Crippen LogP contribution in [0.4, 0.5) is 0 Å². The molecule has 1 atom stereocenters. The molecule has 1 N–H and O–H groups in total. The third kappa shape index (κ3) is 3.26. The van der Waals surface area contributed by atoms with Crippen LogP contribution in [0, 0.1) is 5.92 Å². The summed E-state index contributed by atoms with van der Waals surface area (Å²) in [5.74, 6) is 0.0147. The van der Waals surface area contributed by atoms with Crippen LogP contribution in [-0.2, 0) is 9.59 Å². The molecule has 19 heavy (non-hydrogen) atoms. The van der Waals surface area contributed by atoms with Crippen molar-refractivity contribution in [2.45, 2.75) is 51.6 Å². The molecule has 5 heteroatoms. The lowest BCUT2D eigenvalue weighted by molar-refractivity contribution is -0.137. The Morgan fingerprint density at radius 3 is 2.68 bits per heavy atom. The van der Waals surface area contributed by atoms with Crippen LogP contribution in [0.3, 0.4) is 0 Å². The number of rotatable bonds is 6. The van der Waals surface area contributed by atoms with Crippen LogP contribution in [0.1, 0.15) is 39.5 Å². The average molecular weight is 268 g/mol. The molecule has 0 aromatic heterocycles. The summed E-state index contributed by atoms with van der Waals surface area (Å²) in [6.45, 7) is 5.20. The number of carbonyl (C=O) groups is 2. The quantitative estimate of drug-likeness (QED) is 0.768. The van der Waals surface area contributed by atoms with Crippen molar-refractivity contribution < 1.29 is 14.7 Å². The fraction of sp³-hybridized carbons (Fsp3) is 0.857. The molecule has 5 nitrogen and oxygen atoms in total. The van der Waals surface area contributed by atoms with E-state index in [0.717, 1.165) is 12.8 Å². The number of likely N-dealkylation sites (tertiary alicyclic amines) is 1. The zero-order chi connectivity index (χ0) is 14.0. The van der Waals surface area contributed by atoms with Gasteiger partial charge in [0.1, 0.15) is 0 Å². The Hall–Kier alpha value is -1.10. The SMILES string of the molecule is CC(C)N(CCCO)C(=O)C1CC(=O)N(C2CC2)C1. The molecule has 2 amide bonds. The molecule has 1 aliphatic heterocycles. The highest BCUT2D eigenvalue weighted by atomic mass is 16.3. The third-order valence-electron chi connectivity index (χ3n) is 3.96. The molecule has 2 rings (SSSR count). The number of amides is 2. The summed E-state index contributed by atoms with van der Waals surface area (Å²) in [6.07, 6.45) is 3.13. The van der Waals surface area contributed by atoms with Crippen molar-refractivity contribution in [1.82, 2.24) is 9.80 Å². The number of aliphatic hydroxyl groups excluding tert-OH is 1. The molecule has 2 aliphatic rings. The van der Waals surface area contributed by atoms with E-state index in [1.165, 1.54) is 0 Å². The Kier molecular flexibility index (Phi) is 4.45. The van der Waals surface area contributed by atoms with Crippen LogP contribution >= 0.6 is 0 Å². The van der Waals surface area contributed by atoms with Gasteiger partial charge in [-0.2, -0.15) is 0 Å². The highest BCUT2D eigenvalue weighted by molar-refractivity contribution is 5.89. The Morgan fingerprint density at radius 1 is 1.47 bits per heavy atom. The van der Waals surface area contributed by atoms with E-state index >= 15 is 0 Å². The zero-order valence-electron chi connectivity index (χ0n) is 11.8. The van der Waals surface area contributed by atoms with Gasteiger partial charge in [-0.1, -0.05) is 0 Å². The summed E-state index contributed by atoms with van der Waals surface area (Å²) < 4.78 is 0. The van der Waals surface area contributed by atoms with Crippen molar-refractivity contribution in [3.63, 3.8) is 0 Å². The third-order valence-corrected chi connectivity index (χ3v) is 3.96. The van der Waals surface area contributed by atoms with E-state index in [4.69, 9.17) is 5.11 Å². The molecule has 0 radical (unpaired) electrons. The molecule has 108 valence electrons. The second kappa shape index (κ2) is 5.90. The average Bonchev–Trinajstić information content (AvgIpc) is 3.12. The van der Waals surface area contributed by atoms with E-state index in [1.54, 1.807) is 4.90 Å². The van der Waals surface area contributed by atoms with Crippen molar-refractivity contribution >= 4 is 11.8 Å². The molecule has 1 unspecified atom stereocenters. The van der Waals surface area contributed by atoms with Crippen molar-refractivity contribution in [2.24, 2.45) is 5.92 Å². The predicted octanol–water partition coefficient (Wildman–Crippen LogP) is 0.617. The van der Waals surface area contributed by atoms with Crippen molar-refractivity contribution in [2.75, 3.05) is 19.7 Å². The van der Waals surface area contributed by atoms with Crippen LogP contribution < -0.4 is 0 Å². The first-order valence-corrected chi connectivity index (χ1v) is 7.25. The molecular weight excluding hydrogens is 244 g/mol. The normalized spacial score (nSPS) is 23.3. The zero-order valence-corrected chi connectivity index (χ0v) is 11.8. The van der Waals surface area contributed by atoms with Gasteiger partial charge >= 0.3 is 0 Å². The van der Waals surface area contributed by atoms with E-state index in [0.29, 0.717) is 32.0 Å². The summed E-state index contributed by atoms with van der Waals surface area (Å²) in [7, 11) is 0. The van der Waals surface area contributed by atoms with Gasteiger partial charge in [-0.05, 0) is 33.1 Å². The van der Waals surface area contributed by atoms with Crippen LogP contribution in [-0.4, -0.2) is 58.5 Å². The minimum atomic E-state index is -0.186. The van der Waals surface area contributed by atoms with Gasteiger partial charge in [-0.3, -0.25) is 9.59 Å². The standard InChI is InChI=1S/C14H24N2O3/c1-10(2)15(6-3-7-17)14(19)11-8-13(18)16(9-11)12-4-5-12/h10-12,17H,3-9H2,1-2H3. The molecule has 2 fully saturated rings. The summed E-state index contributed by atoms with van der Waals surface area (Å²) in [4.78, 5) is 28.1.